The molecule has 0 spiro atoms. The summed E-state index contributed by atoms with van der Waals surface area (Å²) in [4.78, 5) is 16.1. The quantitative estimate of drug-likeness (QED) is 0.861. The second-order valence-corrected chi connectivity index (χ2v) is 5.06. The Bertz CT molecular complexity index is 752. The number of hydrogen-bond donors (Lipinski definition) is 1. The van der Waals surface area contributed by atoms with Crippen molar-refractivity contribution in [2.75, 3.05) is 25.6 Å². The van der Waals surface area contributed by atoms with Crippen LogP contribution in [-0.2, 0) is 4.74 Å². The van der Waals surface area contributed by atoms with Gasteiger partial charge in [0.1, 0.15) is 12.4 Å². The van der Waals surface area contributed by atoms with E-state index in [9.17, 15) is 9.18 Å². The van der Waals surface area contributed by atoms with Crippen LogP contribution in [0.3, 0.4) is 0 Å². The van der Waals surface area contributed by atoms with E-state index >= 15 is 0 Å². The highest BCUT2D eigenvalue weighted by Gasteiger charge is 2.24. The molecule has 0 saturated carbocycles. The van der Waals surface area contributed by atoms with Crippen molar-refractivity contribution in [1.82, 2.24) is 4.98 Å². The number of benzene rings is 1. The van der Waals surface area contributed by atoms with Gasteiger partial charge in [0.25, 0.3) is 0 Å². The molecule has 0 bridgehead atoms. The smallest absolute Gasteiger partial charge is 0.360 e. The first-order valence-electron chi connectivity index (χ1n) is 6.55. The Kier molecular flexibility index (Phi) is 3.85. The van der Waals surface area contributed by atoms with Crippen LogP contribution in [0, 0.1) is 5.82 Å². The number of carbonyl (C=O) groups is 1. The predicted molar refractivity (Wildman–Crippen MR) is 80.0 cm³/mol. The molecule has 1 aliphatic rings. The highest BCUT2D eigenvalue weighted by atomic mass is 35.5. The lowest BCUT2D eigenvalue weighted by atomic mass is 10.1. The third-order valence-corrected chi connectivity index (χ3v) is 3.46. The highest BCUT2D eigenvalue weighted by molar-refractivity contribution is 6.30. The van der Waals surface area contributed by atoms with Crippen molar-refractivity contribution in [3.8, 4) is 17.0 Å². The molecule has 1 N–H and O–H groups in total. The molecule has 7 heteroatoms. The Labute approximate surface area is 131 Å². The van der Waals surface area contributed by atoms with Gasteiger partial charge in [0.2, 0.25) is 0 Å². The van der Waals surface area contributed by atoms with E-state index in [-0.39, 0.29) is 17.0 Å². The van der Waals surface area contributed by atoms with Crippen LogP contribution in [0.4, 0.5) is 10.1 Å². The molecule has 2 aromatic rings. The summed E-state index contributed by atoms with van der Waals surface area (Å²) in [5.41, 5.74) is 1.04. The Morgan fingerprint density at radius 3 is 3.05 bits per heavy atom. The second kappa shape index (κ2) is 5.81. The number of hydrogen-bond acceptors (Lipinski definition) is 5. The van der Waals surface area contributed by atoms with Crippen molar-refractivity contribution in [3.63, 3.8) is 0 Å². The normalized spacial score (nSPS) is 12.9. The fraction of sp³-hybridized carbons (Fsp3) is 0.200. The molecule has 0 atom stereocenters. The Morgan fingerprint density at radius 2 is 2.27 bits per heavy atom. The fourth-order valence-corrected chi connectivity index (χ4v) is 2.39. The molecular weight excluding hydrogens is 311 g/mol. The van der Waals surface area contributed by atoms with Crippen molar-refractivity contribution >= 4 is 23.3 Å². The highest BCUT2D eigenvalue weighted by Crippen LogP contribution is 2.35. The van der Waals surface area contributed by atoms with Gasteiger partial charge >= 0.3 is 5.97 Å². The summed E-state index contributed by atoms with van der Waals surface area (Å²) in [5.74, 6) is -0.821. The third kappa shape index (κ3) is 2.57. The van der Waals surface area contributed by atoms with Crippen LogP contribution in [0.25, 0.3) is 11.3 Å². The molecule has 0 aliphatic carbocycles. The van der Waals surface area contributed by atoms with Gasteiger partial charge in [-0.25, -0.2) is 14.2 Å². The molecule has 3 rings (SSSR count). The molecular formula is C15H12ClFN2O3. The van der Waals surface area contributed by atoms with E-state index in [2.05, 4.69) is 10.3 Å². The van der Waals surface area contributed by atoms with Crippen molar-refractivity contribution < 1.29 is 18.7 Å². The zero-order valence-corrected chi connectivity index (χ0v) is 12.4. The van der Waals surface area contributed by atoms with Gasteiger partial charge in [0.15, 0.2) is 11.4 Å². The standard InChI is InChI=1S/C15H12ClFN2O3/c1-21-15(20)13-14-12(18-4-5-22-14)7-11(19-13)9-6-8(16)2-3-10(9)17/h2-3,6-7,18H,4-5H2,1H3. The van der Waals surface area contributed by atoms with Gasteiger partial charge in [0.05, 0.1) is 18.5 Å². The average molecular weight is 323 g/mol. The Hall–Kier alpha value is -2.34. The lowest BCUT2D eigenvalue weighted by molar-refractivity contribution is 0.0589. The van der Waals surface area contributed by atoms with Gasteiger partial charge in [-0.15, -0.1) is 0 Å². The van der Waals surface area contributed by atoms with Crippen LogP contribution in [-0.4, -0.2) is 31.2 Å². The summed E-state index contributed by atoms with van der Waals surface area (Å²) in [6.07, 6.45) is 0. The van der Waals surface area contributed by atoms with Crippen LogP contribution >= 0.6 is 11.6 Å². The number of halogens is 2. The van der Waals surface area contributed by atoms with Crippen molar-refractivity contribution in [2.24, 2.45) is 0 Å². The summed E-state index contributed by atoms with van der Waals surface area (Å²) >= 11 is 5.91. The second-order valence-electron chi connectivity index (χ2n) is 4.62. The van der Waals surface area contributed by atoms with Gasteiger partial charge in [-0.1, -0.05) is 11.6 Å². The molecule has 1 aliphatic heterocycles. The summed E-state index contributed by atoms with van der Waals surface area (Å²) in [5, 5.41) is 3.47. The zero-order chi connectivity index (χ0) is 15.7. The van der Waals surface area contributed by atoms with E-state index in [1.165, 1.54) is 25.3 Å². The van der Waals surface area contributed by atoms with E-state index < -0.39 is 11.8 Å². The van der Waals surface area contributed by atoms with Crippen molar-refractivity contribution in [3.05, 3.63) is 40.8 Å². The van der Waals surface area contributed by atoms with E-state index in [0.717, 1.165) is 0 Å². The van der Waals surface area contributed by atoms with Crippen LogP contribution in [0.5, 0.6) is 5.75 Å². The van der Waals surface area contributed by atoms with Gasteiger partial charge in [0, 0.05) is 17.1 Å². The minimum absolute atomic E-state index is 0.00146. The number of esters is 1. The molecule has 2 heterocycles. The SMILES string of the molecule is COC(=O)c1nc(-c2cc(Cl)ccc2F)cc2c1OCCN2. The Balaban J connectivity index is 2.20. The topological polar surface area (TPSA) is 60.5 Å². The maximum Gasteiger partial charge on any atom is 0.360 e. The molecule has 0 unspecified atom stereocenters. The van der Waals surface area contributed by atoms with E-state index in [4.69, 9.17) is 21.1 Å². The number of anilines is 1. The molecule has 1 aromatic heterocycles. The Morgan fingerprint density at radius 1 is 1.45 bits per heavy atom. The first-order chi connectivity index (χ1) is 10.6. The number of nitrogens with zero attached hydrogens (tertiary/aromatic N) is 1. The number of aromatic nitrogens is 1. The van der Waals surface area contributed by atoms with Crippen LogP contribution in [0.2, 0.25) is 5.02 Å². The number of rotatable bonds is 2. The van der Waals surface area contributed by atoms with E-state index in [0.29, 0.717) is 29.6 Å². The molecule has 22 heavy (non-hydrogen) atoms. The number of pyridine rings is 1. The van der Waals surface area contributed by atoms with Gasteiger partial charge in [-0.05, 0) is 24.3 Å². The molecule has 114 valence electrons. The molecule has 5 nitrogen and oxygen atoms in total. The zero-order valence-electron chi connectivity index (χ0n) is 11.7. The first kappa shape index (κ1) is 14.6. The monoisotopic (exact) mass is 322 g/mol. The van der Waals surface area contributed by atoms with Gasteiger partial charge in [-0.2, -0.15) is 0 Å². The largest absolute Gasteiger partial charge is 0.487 e. The van der Waals surface area contributed by atoms with Crippen LogP contribution in [0.15, 0.2) is 24.3 Å². The lowest BCUT2D eigenvalue weighted by Crippen LogP contribution is -2.21. The fourth-order valence-electron chi connectivity index (χ4n) is 2.22. The summed E-state index contributed by atoms with van der Waals surface area (Å²) < 4.78 is 24.2. The van der Waals surface area contributed by atoms with Crippen LogP contribution < -0.4 is 10.1 Å². The number of methoxy groups -OCH3 is 1. The minimum Gasteiger partial charge on any atom is -0.487 e. The third-order valence-electron chi connectivity index (χ3n) is 3.22. The van der Waals surface area contributed by atoms with Gasteiger partial charge < -0.3 is 14.8 Å². The van der Waals surface area contributed by atoms with Crippen molar-refractivity contribution in [1.29, 1.82) is 0 Å². The summed E-state index contributed by atoms with van der Waals surface area (Å²) in [6, 6.07) is 5.77. The molecule has 0 radical (unpaired) electrons. The number of fused-ring (bicyclic) bond motifs is 1. The summed E-state index contributed by atoms with van der Waals surface area (Å²) in [7, 11) is 1.25. The minimum atomic E-state index is -0.649. The summed E-state index contributed by atoms with van der Waals surface area (Å²) in [6.45, 7) is 0.985. The molecule has 1 aromatic carbocycles. The first-order valence-corrected chi connectivity index (χ1v) is 6.93. The lowest BCUT2D eigenvalue weighted by Gasteiger charge is -2.21. The van der Waals surface area contributed by atoms with E-state index in [1.54, 1.807) is 6.07 Å². The predicted octanol–water partition coefficient (Wildman–Crippen LogP) is 3.13. The molecule has 0 amide bonds. The maximum atomic E-state index is 14.0. The van der Waals surface area contributed by atoms with E-state index in [1.807, 2.05) is 0 Å². The number of ether oxygens (including phenoxy) is 2. The van der Waals surface area contributed by atoms with Crippen molar-refractivity contribution in [2.45, 2.75) is 0 Å². The van der Waals surface area contributed by atoms with Crippen LogP contribution in [0.1, 0.15) is 10.5 Å². The molecule has 0 saturated heterocycles. The average Bonchev–Trinajstić information content (AvgIpc) is 2.55. The number of carbonyl (C=O) groups excluding carboxylic acids is 1. The number of nitrogens with one attached hydrogen (secondary N) is 1. The van der Waals surface area contributed by atoms with Gasteiger partial charge in [-0.3, -0.25) is 0 Å². The molecule has 0 fully saturated rings. The maximum absolute atomic E-state index is 14.0.